The van der Waals surface area contributed by atoms with Crippen molar-refractivity contribution in [1.82, 2.24) is 9.80 Å². The lowest BCUT2D eigenvalue weighted by molar-refractivity contribution is -0.132. The molecule has 4 nitrogen and oxygen atoms in total. The Bertz CT molecular complexity index is 277. The van der Waals surface area contributed by atoms with Crippen molar-refractivity contribution < 1.29 is 4.79 Å². The Morgan fingerprint density at radius 1 is 1.53 bits per heavy atom. The summed E-state index contributed by atoms with van der Waals surface area (Å²) in [7, 11) is 0. The molecule has 1 saturated heterocycles. The SMILES string of the molecule is C#CCN(CCC)C(=O)CN1CCC(N)CC1. The van der Waals surface area contributed by atoms with Crippen LogP contribution in [0.5, 0.6) is 0 Å². The molecule has 4 heteroatoms. The molecule has 0 saturated carbocycles. The van der Waals surface area contributed by atoms with Crippen LogP contribution in [0.1, 0.15) is 26.2 Å². The maximum atomic E-state index is 12.0. The number of likely N-dealkylation sites (tertiary alicyclic amines) is 1. The number of nitrogens with zero attached hydrogens (tertiary/aromatic N) is 2. The van der Waals surface area contributed by atoms with Crippen LogP contribution >= 0.6 is 0 Å². The topological polar surface area (TPSA) is 49.6 Å². The first-order chi connectivity index (χ1) is 8.17. The first kappa shape index (κ1) is 14.0. The van der Waals surface area contributed by atoms with Gasteiger partial charge in [-0.1, -0.05) is 12.8 Å². The molecule has 1 aliphatic heterocycles. The van der Waals surface area contributed by atoms with Crippen molar-refractivity contribution in [1.29, 1.82) is 0 Å². The molecule has 17 heavy (non-hydrogen) atoms. The summed E-state index contributed by atoms with van der Waals surface area (Å²) in [4.78, 5) is 16.0. The molecule has 0 radical (unpaired) electrons. The van der Waals surface area contributed by atoms with Gasteiger partial charge >= 0.3 is 0 Å². The van der Waals surface area contributed by atoms with E-state index in [1.165, 1.54) is 0 Å². The van der Waals surface area contributed by atoms with Gasteiger partial charge in [0.15, 0.2) is 0 Å². The summed E-state index contributed by atoms with van der Waals surface area (Å²) in [5.41, 5.74) is 5.83. The molecule has 0 atom stereocenters. The highest BCUT2D eigenvalue weighted by Gasteiger charge is 2.20. The zero-order chi connectivity index (χ0) is 12.7. The average molecular weight is 237 g/mol. The molecule has 0 aromatic heterocycles. The standard InChI is InChI=1S/C13H23N3O/c1-3-7-16(8-4-2)13(17)11-15-9-5-12(14)6-10-15/h1,12H,4-11,14H2,2H3. The second-order valence-electron chi connectivity index (χ2n) is 4.63. The lowest BCUT2D eigenvalue weighted by atomic mass is 10.1. The van der Waals surface area contributed by atoms with Gasteiger partial charge in [-0.15, -0.1) is 6.42 Å². The van der Waals surface area contributed by atoms with E-state index in [9.17, 15) is 4.79 Å². The van der Waals surface area contributed by atoms with Crippen LogP contribution in [-0.2, 0) is 4.79 Å². The van der Waals surface area contributed by atoms with E-state index in [2.05, 4.69) is 17.7 Å². The molecule has 0 aromatic rings. The van der Waals surface area contributed by atoms with Crippen molar-refractivity contribution in [3.05, 3.63) is 0 Å². The van der Waals surface area contributed by atoms with Gasteiger partial charge in [-0.05, 0) is 19.3 Å². The van der Waals surface area contributed by atoms with Crippen LogP contribution in [0.2, 0.25) is 0 Å². The van der Waals surface area contributed by atoms with E-state index in [1.54, 1.807) is 4.90 Å². The summed E-state index contributed by atoms with van der Waals surface area (Å²) in [6.07, 6.45) is 8.18. The number of carbonyl (C=O) groups excluding carboxylic acids is 1. The van der Waals surface area contributed by atoms with Crippen molar-refractivity contribution in [3.63, 3.8) is 0 Å². The van der Waals surface area contributed by atoms with E-state index in [0.717, 1.165) is 38.9 Å². The minimum absolute atomic E-state index is 0.139. The maximum absolute atomic E-state index is 12.0. The fraction of sp³-hybridized carbons (Fsp3) is 0.769. The third-order valence-electron chi connectivity index (χ3n) is 3.12. The number of terminal acetylenes is 1. The molecule has 0 aliphatic carbocycles. The highest BCUT2D eigenvalue weighted by atomic mass is 16.2. The van der Waals surface area contributed by atoms with Crippen LogP contribution in [-0.4, -0.2) is 54.5 Å². The van der Waals surface area contributed by atoms with Crippen LogP contribution in [0.25, 0.3) is 0 Å². The lowest BCUT2D eigenvalue weighted by Gasteiger charge is -2.31. The molecule has 96 valence electrons. The van der Waals surface area contributed by atoms with Crippen LogP contribution in [0, 0.1) is 12.3 Å². The third-order valence-corrected chi connectivity index (χ3v) is 3.12. The summed E-state index contributed by atoms with van der Waals surface area (Å²) in [6, 6.07) is 0.304. The highest BCUT2D eigenvalue weighted by molar-refractivity contribution is 5.78. The van der Waals surface area contributed by atoms with Gasteiger partial charge in [0.1, 0.15) is 0 Å². The van der Waals surface area contributed by atoms with Crippen LogP contribution < -0.4 is 5.73 Å². The van der Waals surface area contributed by atoms with Gasteiger partial charge < -0.3 is 10.6 Å². The molecule has 2 N–H and O–H groups in total. The summed E-state index contributed by atoms with van der Waals surface area (Å²) < 4.78 is 0. The summed E-state index contributed by atoms with van der Waals surface area (Å²) in [5.74, 6) is 2.68. The molecule has 0 bridgehead atoms. The number of piperidine rings is 1. The van der Waals surface area contributed by atoms with Gasteiger partial charge in [-0.25, -0.2) is 0 Å². The van der Waals surface area contributed by atoms with E-state index in [0.29, 0.717) is 19.1 Å². The third kappa shape index (κ3) is 4.76. The molecule has 1 rings (SSSR count). The number of amides is 1. The molecule has 0 unspecified atom stereocenters. The highest BCUT2D eigenvalue weighted by Crippen LogP contribution is 2.08. The molecular weight excluding hydrogens is 214 g/mol. The summed E-state index contributed by atoms with van der Waals surface area (Å²) in [5, 5.41) is 0. The number of hydrogen-bond donors (Lipinski definition) is 1. The number of rotatable bonds is 5. The Hall–Kier alpha value is -1.05. The van der Waals surface area contributed by atoms with Crippen LogP contribution in [0.3, 0.4) is 0 Å². The van der Waals surface area contributed by atoms with Gasteiger partial charge in [0.25, 0.3) is 0 Å². The fourth-order valence-corrected chi connectivity index (χ4v) is 2.07. The van der Waals surface area contributed by atoms with Gasteiger partial charge in [0, 0.05) is 25.7 Å². The molecule has 0 spiro atoms. The van der Waals surface area contributed by atoms with Gasteiger partial charge in [-0.3, -0.25) is 9.69 Å². The Morgan fingerprint density at radius 2 is 2.18 bits per heavy atom. The van der Waals surface area contributed by atoms with Crippen molar-refractivity contribution in [2.45, 2.75) is 32.2 Å². The monoisotopic (exact) mass is 237 g/mol. The molecule has 0 aromatic carbocycles. The smallest absolute Gasteiger partial charge is 0.237 e. The summed E-state index contributed by atoms with van der Waals surface area (Å²) >= 11 is 0. The van der Waals surface area contributed by atoms with E-state index < -0.39 is 0 Å². The first-order valence-electron chi connectivity index (χ1n) is 6.36. The van der Waals surface area contributed by atoms with E-state index in [-0.39, 0.29) is 5.91 Å². The van der Waals surface area contributed by atoms with Gasteiger partial charge in [0.2, 0.25) is 5.91 Å². The first-order valence-corrected chi connectivity index (χ1v) is 6.36. The van der Waals surface area contributed by atoms with Crippen molar-refractivity contribution in [3.8, 4) is 12.3 Å². The van der Waals surface area contributed by atoms with E-state index in [1.807, 2.05) is 0 Å². The minimum Gasteiger partial charge on any atom is -0.330 e. The lowest BCUT2D eigenvalue weighted by Crippen LogP contribution is -2.46. The normalized spacial score (nSPS) is 17.7. The van der Waals surface area contributed by atoms with E-state index in [4.69, 9.17) is 12.2 Å². The summed E-state index contributed by atoms with van der Waals surface area (Å²) in [6.45, 7) is 5.54. The van der Waals surface area contributed by atoms with Gasteiger partial charge in [-0.2, -0.15) is 0 Å². The largest absolute Gasteiger partial charge is 0.330 e. The second kappa shape index (κ2) is 7.31. The predicted molar refractivity (Wildman–Crippen MR) is 69.4 cm³/mol. The average Bonchev–Trinajstić information content (AvgIpc) is 2.32. The van der Waals surface area contributed by atoms with Crippen LogP contribution in [0.4, 0.5) is 0 Å². The number of nitrogens with two attached hydrogens (primary N) is 1. The Kier molecular flexibility index (Phi) is 6.03. The predicted octanol–water partition coefficient (Wildman–Crippen LogP) is 0.281. The fourth-order valence-electron chi connectivity index (χ4n) is 2.07. The quantitative estimate of drug-likeness (QED) is 0.699. The Balaban J connectivity index is 2.38. The molecular formula is C13H23N3O. The number of carbonyl (C=O) groups is 1. The van der Waals surface area contributed by atoms with Crippen LogP contribution in [0.15, 0.2) is 0 Å². The molecule has 1 fully saturated rings. The zero-order valence-corrected chi connectivity index (χ0v) is 10.7. The van der Waals surface area contributed by atoms with Gasteiger partial charge in [0.05, 0.1) is 13.1 Å². The Labute approximate surface area is 104 Å². The second-order valence-corrected chi connectivity index (χ2v) is 4.63. The van der Waals surface area contributed by atoms with Crippen molar-refractivity contribution in [2.24, 2.45) is 5.73 Å². The Morgan fingerprint density at radius 3 is 2.71 bits per heavy atom. The van der Waals surface area contributed by atoms with Crippen molar-refractivity contribution in [2.75, 3.05) is 32.7 Å². The van der Waals surface area contributed by atoms with Crippen molar-refractivity contribution >= 4 is 5.91 Å². The molecule has 1 heterocycles. The number of hydrogen-bond acceptors (Lipinski definition) is 3. The molecule has 1 aliphatic rings. The molecule has 1 amide bonds. The maximum Gasteiger partial charge on any atom is 0.237 e. The zero-order valence-electron chi connectivity index (χ0n) is 10.7. The minimum atomic E-state index is 0.139. The van der Waals surface area contributed by atoms with E-state index >= 15 is 0 Å².